The number of anilines is 1. The van der Waals surface area contributed by atoms with Gasteiger partial charge in [-0.25, -0.2) is 12.7 Å². The molecule has 31 heavy (non-hydrogen) atoms. The minimum absolute atomic E-state index is 0.165. The van der Waals surface area contributed by atoms with Crippen LogP contribution in [-0.2, 0) is 20.6 Å². The van der Waals surface area contributed by atoms with Gasteiger partial charge in [0.15, 0.2) is 0 Å². The zero-order chi connectivity index (χ0) is 22.6. The molecule has 0 aromatic heterocycles. The molecule has 1 saturated heterocycles. The molecular formula is C21H24Cl2N2O5S. The van der Waals surface area contributed by atoms with Gasteiger partial charge in [-0.1, -0.05) is 29.3 Å². The second kappa shape index (κ2) is 10.1. The summed E-state index contributed by atoms with van der Waals surface area (Å²) in [6.07, 6.45) is 0.859. The normalized spacial score (nSPS) is 15.5. The Balaban J connectivity index is 1.61. The fourth-order valence-electron chi connectivity index (χ4n) is 3.47. The van der Waals surface area contributed by atoms with Crippen molar-refractivity contribution in [2.24, 2.45) is 5.92 Å². The summed E-state index contributed by atoms with van der Waals surface area (Å²) in [6.45, 7) is 0.550. The van der Waals surface area contributed by atoms with Gasteiger partial charge in [0.05, 0.1) is 35.7 Å². The quantitative estimate of drug-likeness (QED) is 0.633. The van der Waals surface area contributed by atoms with Gasteiger partial charge in [-0.15, -0.1) is 0 Å². The number of hydrogen-bond donors (Lipinski definition) is 1. The Bertz CT molecular complexity index is 1050. The van der Waals surface area contributed by atoms with E-state index in [-0.39, 0.29) is 30.7 Å². The topological polar surface area (TPSA) is 84.9 Å². The summed E-state index contributed by atoms with van der Waals surface area (Å²) in [5, 5.41) is 3.57. The van der Waals surface area contributed by atoms with Gasteiger partial charge >= 0.3 is 0 Å². The van der Waals surface area contributed by atoms with E-state index in [1.165, 1.54) is 11.4 Å². The first-order valence-corrected chi connectivity index (χ1v) is 12.0. The molecule has 0 spiro atoms. The lowest BCUT2D eigenvalue weighted by Gasteiger charge is -2.30. The summed E-state index contributed by atoms with van der Waals surface area (Å²) in [5.74, 6) is 0.484. The molecular weight excluding hydrogens is 463 g/mol. The highest BCUT2D eigenvalue weighted by Gasteiger charge is 2.31. The molecule has 2 aromatic rings. The first-order valence-electron chi connectivity index (χ1n) is 9.68. The Morgan fingerprint density at radius 1 is 1.06 bits per heavy atom. The van der Waals surface area contributed by atoms with Gasteiger partial charge in [0.2, 0.25) is 15.9 Å². The van der Waals surface area contributed by atoms with Gasteiger partial charge in [0.1, 0.15) is 11.5 Å². The number of piperidine rings is 1. The van der Waals surface area contributed by atoms with Gasteiger partial charge in [0, 0.05) is 25.1 Å². The molecule has 0 radical (unpaired) electrons. The van der Waals surface area contributed by atoms with Crippen LogP contribution in [0.1, 0.15) is 18.4 Å². The lowest BCUT2D eigenvalue weighted by Crippen LogP contribution is -2.41. The standard InChI is InChI=1S/C21H24Cl2N2O5S/c1-29-16-4-6-20(30-2)19(12-16)24-21(26)15-7-9-25(10-8-15)31(27,28)13-14-3-5-17(22)18(23)11-14/h3-6,11-12,15H,7-10,13H2,1-2H3,(H,24,26). The number of rotatable bonds is 7. The molecule has 1 heterocycles. The number of amides is 1. The van der Waals surface area contributed by atoms with Crippen LogP contribution in [-0.4, -0.2) is 45.9 Å². The number of methoxy groups -OCH3 is 2. The van der Waals surface area contributed by atoms with E-state index in [9.17, 15) is 13.2 Å². The summed E-state index contributed by atoms with van der Waals surface area (Å²) in [4.78, 5) is 12.7. The summed E-state index contributed by atoms with van der Waals surface area (Å²) in [5.41, 5.74) is 1.08. The van der Waals surface area contributed by atoms with E-state index >= 15 is 0 Å². The second-order valence-electron chi connectivity index (χ2n) is 7.23. The first kappa shape index (κ1) is 23.7. The Morgan fingerprint density at radius 3 is 2.39 bits per heavy atom. The number of benzene rings is 2. The number of nitrogens with one attached hydrogen (secondary N) is 1. The van der Waals surface area contributed by atoms with Gasteiger partial charge in [-0.2, -0.15) is 0 Å². The van der Waals surface area contributed by atoms with Crippen molar-refractivity contribution in [1.82, 2.24) is 4.31 Å². The van der Waals surface area contributed by atoms with E-state index in [1.807, 2.05) is 0 Å². The molecule has 7 nitrogen and oxygen atoms in total. The third-order valence-electron chi connectivity index (χ3n) is 5.22. The average molecular weight is 487 g/mol. The molecule has 1 amide bonds. The van der Waals surface area contributed by atoms with Crippen molar-refractivity contribution in [3.05, 3.63) is 52.0 Å². The van der Waals surface area contributed by atoms with E-state index in [4.69, 9.17) is 32.7 Å². The summed E-state index contributed by atoms with van der Waals surface area (Å²) in [6, 6.07) is 9.93. The number of halogens is 2. The third-order valence-corrected chi connectivity index (χ3v) is 7.80. The fourth-order valence-corrected chi connectivity index (χ4v) is 5.35. The van der Waals surface area contributed by atoms with E-state index in [2.05, 4.69) is 5.32 Å². The number of hydrogen-bond acceptors (Lipinski definition) is 5. The number of carbonyl (C=O) groups excluding carboxylic acids is 1. The largest absolute Gasteiger partial charge is 0.497 e. The lowest BCUT2D eigenvalue weighted by molar-refractivity contribution is -0.120. The van der Waals surface area contributed by atoms with Crippen molar-refractivity contribution < 1.29 is 22.7 Å². The maximum Gasteiger partial charge on any atom is 0.227 e. The van der Waals surface area contributed by atoms with Crippen molar-refractivity contribution in [2.45, 2.75) is 18.6 Å². The summed E-state index contributed by atoms with van der Waals surface area (Å²) >= 11 is 11.9. The van der Waals surface area contributed by atoms with Crippen LogP contribution in [0, 0.1) is 5.92 Å². The van der Waals surface area contributed by atoms with E-state index in [1.54, 1.807) is 43.5 Å². The van der Waals surface area contributed by atoms with E-state index < -0.39 is 10.0 Å². The number of ether oxygens (including phenoxy) is 2. The molecule has 2 aromatic carbocycles. The van der Waals surface area contributed by atoms with Crippen molar-refractivity contribution in [1.29, 1.82) is 0 Å². The Hall–Kier alpha value is -2.00. The highest BCUT2D eigenvalue weighted by Crippen LogP contribution is 2.31. The molecule has 0 unspecified atom stereocenters. The summed E-state index contributed by atoms with van der Waals surface area (Å²) < 4.78 is 37.5. The number of carbonyl (C=O) groups is 1. The average Bonchev–Trinajstić information content (AvgIpc) is 2.76. The van der Waals surface area contributed by atoms with Gasteiger partial charge in [0.25, 0.3) is 0 Å². The molecule has 1 aliphatic heterocycles. The van der Waals surface area contributed by atoms with Gasteiger partial charge in [-0.05, 0) is 42.7 Å². The maximum atomic E-state index is 12.8. The van der Waals surface area contributed by atoms with Crippen molar-refractivity contribution >= 4 is 44.8 Å². The highest BCUT2D eigenvalue weighted by molar-refractivity contribution is 7.88. The monoisotopic (exact) mass is 486 g/mol. The van der Waals surface area contributed by atoms with Crippen LogP contribution in [0.25, 0.3) is 0 Å². The van der Waals surface area contributed by atoms with E-state index in [0.717, 1.165) is 0 Å². The Kier molecular flexibility index (Phi) is 7.69. The van der Waals surface area contributed by atoms with Crippen LogP contribution in [0.15, 0.2) is 36.4 Å². The highest BCUT2D eigenvalue weighted by atomic mass is 35.5. The third kappa shape index (κ3) is 5.83. The minimum atomic E-state index is -3.53. The second-order valence-corrected chi connectivity index (χ2v) is 10.0. The Morgan fingerprint density at radius 2 is 1.77 bits per heavy atom. The predicted octanol–water partition coefficient (Wildman–Crippen LogP) is 4.19. The van der Waals surface area contributed by atoms with Crippen LogP contribution in [0.4, 0.5) is 5.69 Å². The molecule has 10 heteroatoms. The SMILES string of the molecule is COc1ccc(OC)c(NC(=O)C2CCN(S(=O)(=O)Cc3ccc(Cl)c(Cl)c3)CC2)c1. The molecule has 1 fully saturated rings. The van der Waals surface area contributed by atoms with Crippen LogP contribution in [0.2, 0.25) is 10.0 Å². The molecule has 1 N–H and O–H groups in total. The van der Waals surface area contributed by atoms with Crippen molar-refractivity contribution in [3.63, 3.8) is 0 Å². The lowest BCUT2D eigenvalue weighted by atomic mass is 9.97. The zero-order valence-corrected chi connectivity index (χ0v) is 19.6. The fraction of sp³-hybridized carbons (Fsp3) is 0.381. The molecule has 0 saturated carbocycles. The number of nitrogens with zero attached hydrogens (tertiary/aromatic N) is 1. The zero-order valence-electron chi connectivity index (χ0n) is 17.2. The predicted molar refractivity (Wildman–Crippen MR) is 122 cm³/mol. The smallest absolute Gasteiger partial charge is 0.227 e. The molecule has 168 valence electrons. The van der Waals surface area contributed by atoms with Crippen molar-refractivity contribution in [2.75, 3.05) is 32.6 Å². The van der Waals surface area contributed by atoms with Crippen LogP contribution >= 0.6 is 23.2 Å². The molecule has 0 bridgehead atoms. The van der Waals surface area contributed by atoms with Crippen LogP contribution in [0.3, 0.4) is 0 Å². The molecule has 0 aliphatic carbocycles. The molecule has 1 aliphatic rings. The number of sulfonamides is 1. The maximum absolute atomic E-state index is 12.8. The minimum Gasteiger partial charge on any atom is -0.497 e. The Labute approximate surface area is 192 Å². The van der Waals surface area contributed by atoms with Crippen LogP contribution < -0.4 is 14.8 Å². The van der Waals surface area contributed by atoms with Crippen LogP contribution in [0.5, 0.6) is 11.5 Å². The summed E-state index contributed by atoms with van der Waals surface area (Å²) in [7, 11) is -0.465. The molecule has 3 rings (SSSR count). The van der Waals surface area contributed by atoms with E-state index in [0.29, 0.717) is 45.6 Å². The van der Waals surface area contributed by atoms with Gasteiger partial charge < -0.3 is 14.8 Å². The first-order chi connectivity index (χ1) is 14.7. The van der Waals surface area contributed by atoms with Crippen molar-refractivity contribution in [3.8, 4) is 11.5 Å². The van der Waals surface area contributed by atoms with Gasteiger partial charge in [-0.3, -0.25) is 4.79 Å². The molecule has 0 atom stereocenters.